The molecule has 0 saturated heterocycles. The van der Waals surface area contributed by atoms with E-state index < -0.39 is 5.91 Å². The Labute approximate surface area is 168 Å². The van der Waals surface area contributed by atoms with Gasteiger partial charge in [0.2, 0.25) is 0 Å². The van der Waals surface area contributed by atoms with Crippen LogP contribution in [-0.2, 0) is 0 Å². The van der Waals surface area contributed by atoms with Gasteiger partial charge in [0, 0.05) is 29.6 Å². The van der Waals surface area contributed by atoms with E-state index in [2.05, 4.69) is 5.32 Å². The van der Waals surface area contributed by atoms with Crippen molar-refractivity contribution in [3.05, 3.63) is 72.3 Å². The number of ether oxygens (including phenoxy) is 2. The zero-order valence-electron chi connectivity index (χ0n) is 16.0. The van der Waals surface area contributed by atoms with Crippen LogP contribution in [0.2, 0.25) is 0 Å². The van der Waals surface area contributed by atoms with Crippen molar-refractivity contribution < 1.29 is 30.0 Å². The van der Waals surface area contributed by atoms with E-state index in [0.717, 1.165) is 17.5 Å². The zero-order valence-corrected chi connectivity index (χ0v) is 16.0. The first-order valence-electron chi connectivity index (χ1n) is 8.30. The van der Waals surface area contributed by atoms with Gasteiger partial charge in [0.05, 0.1) is 19.8 Å². The van der Waals surface area contributed by atoms with Crippen molar-refractivity contribution in [2.24, 2.45) is 0 Å². The Kier molecular flexibility index (Phi) is 8.81. The molecule has 0 aliphatic heterocycles. The molecule has 0 fully saturated rings. The van der Waals surface area contributed by atoms with Crippen LogP contribution in [0.1, 0.15) is 10.4 Å². The van der Waals surface area contributed by atoms with Crippen LogP contribution < -0.4 is 20.5 Å². The third-order valence-electron chi connectivity index (χ3n) is 3.65. The molecule has 1 amide bonds. The Hall–Kier alpha value is -3.91. The maximum Gasteiger partial charge on any atom is 0.259 e. The molecule has 0 aliphatic carbocycles. The zero-order chi connectivity index (χ0) is 20.5. The smallest absolute Gasteiger partial charge is 0.259 e. The van der Waals surface area contributed by atoms with Crippen molar-refractivity contribution in [3.8, 4) is 23.0 Å². The van der Waals surface area contributed by atoms with Crippen molar-refractivity contribution in [2.75, 3.05) is 25.3 Å². The molecule has 0 aliphatic rings. The van der Waals surface area contributed by atoms with Gasteiger partial charge in [-0.2, -0.15) is 0 Å². The van der Waals surface area contributed by atoms with E-state index in [9.17, 15) is 9.90 Å². The molecule has 29 heavy (non-hydrogen) atoms. The summed E-state index contributed by atoms with van der Waals surface area (Å²) in [6.07, 6.45) is 0. The van der Waals surface area contributed by atoms with Crippen molar-refractivity contribution in [2.45, 2.75) is 0 Å². The van der Waals surface area contributed by atoms with Gasteiger partial charge in [-0.25, -0.2) is 0 Å². The van der Waals surface area contributed by atoms with Crippen LogP contribution in [0.25, 0.3) is 0 Å². The van der Waals surface area contributed by atoms with E-state index in [1.165, 1.54) is 19.2 Å². The molecule has 3 aromatic carbocycles. The quantitative estimate of drug-likeness (QED) is 0.495. The first kappa shape index (κ1) is 23.1. The number of phenolic OH excluding ortho intramolecular Hbond substituents is 2. The Morgan fingerprint density at radius 2 is 1.52 bits per heavy atom. The lowest BCUT2D eigenvalue weighted by atomic mass is 10.1. The number of carbonyl (C=O) groups excluding carboxylic acids is 1. The van der Waals surface area contributed by atoms with Gasteiger partial charge in [0.15, 0.2) is 0 Å². The lowest BCUT2D eigenvalue weighted by Gasteiger charge is -2.08. The second-order valence-corrected chi connectivity index (χ2v) is 5.66. The van der Waals surface area contributed by atoms with Crippen LogP contribution in [0, 0.1) is 0 Å². The third kappa shape index (κ3) is 6.96. The summed E-state index contributed by atoms with van der Waals surface area (Å²) in [6.45, 7) is 0. The summed E-state index contributed by atoms with van der Waals surface area (Å²) in [6, 6.07) is 18.0. The fraction of sp³-hybridized carbons (Fsp3) is 0.0952. The molecule has 154 valence electrons. The van der Waals surface area contributed by atoms with Gasteiger partial charge in [0.1, 0.15) is 23.0 Å². The molecule has 0 radical (unpaired) electrons. The van der Waals surface area contributed by atoms with Crippen LogP contribution in [0.3, 0.4) is 0 Å². The molecule has 0 unspecified atom stereocenters. The highest BCUT2D eigenvalue weighted by Gasteiger charge is 2.12. The third-order valence-corrected chi connectivity index (χ3v) is 3.65. The molecular weight excluding hydrogens is 376 g/mol. The maximum absolute atomic E-state index is 12.0. The van der Waals surface area contributed by atoms with E-state index >= 15 is 0 Å². The fourth-order valence-corrected chi connectivity index (χ4v) is 2.25. The number of aromatic hydroxyl groups is 2. The van der Waals surface area contributed by atoms with Gasteiger partial charge in [-0.3, -0.25) is 4.79 Å². The minimum Gasteiger partial charge on any atom is -0.508 e. The van der Waals surface area contributed by atoms with Gasteiger partial charge in [-0.15, -0.1) is 0 Å². The summed E-state index contributed by atoms with van der Waals surface area (Å²) in [7, 11) is 3.15. The summed E-state index contributed by atoms with van der Waals surface area (Å²) in [5.74, 6) is 0.573. The molecule has 8 nitrogen and oxygen atoms in total. The van der Waals surface area contributed by atoms with Crippen LogP contribution in [0.5, 0.6) is 23.0 Å². The predicted molar refractivity (Wildman–Crippen MR) is 112 cm³/mol. The molecular formula is C21H24N2O6. The van der Waals surface area contributed by atoms with Gasteiger partial charge in [0.25, 0.3) is 5.91 Å². The Morgan fingerprint density at radius 3 is 2.07 bits per heavy atom. The van der Waals surface area contributed by atoms with E-state index in [1.807, 2.05) is 18.2 Å². The monoisotopic (exact) mass is 400 g/mol. The number of hydrogen-bond acceptors (Lipinski definition) is 6. The van der Waals surface area contributed by atoms with Crippen molar-refractivity contribution in [1.82, 2.24) is 0 Å². The lowest BCUT2D eigenvalue weighted by Crippen LogP contribution is -2.11. The Morgan fingerprint density at radius 1 is 0.897 bits per heavy atom. The highest BCUT2D eigenvalue weighted by atomic mass is 16.5. The van der Waals surface area contributed by atoms with Gasteiger partial charge in [-0.05, 0) is 36.4 Å². The number of methoxy groups -OCH3 is 2. The SMILES string of the molecule is COc1cccc(N)c1.COc1cccc(NC(=O)c2ccc(O)cc2O)c1.O. The second kappa shape index (κ2) is 11.1. The summed E-state index contributed by atoms with van der Waals surface area (Å²) in [4.78, 5) is 12.0. The first-order valence-corrected chi connectivity index (χ1v) is 8.30. The van der Waals surface area contributed by atoms with Crippen LogP contribution >= 0.6 is 0 Å². The normalized spacial score (nSPS) is 9.31. The average Bonchev–Trinajstić information content (AvgIpc) is 2.68. The molecule has 0 heterocycles. The van der Waals surface area contributed by atoms with Crippen LogP contribution in [0.15, 0.2) is 66.7 Å². The van der Waals surface area contributed by atoms with Gasteiger partial charge >= 0.3 is 0 Å². The molecule has 0 spiro atoms. The topological polar surface area (TPSA) is 146 Å². The number of nitrogens with two attached hydrogens (primary N) is 1. The molecule has 0 aromatic heterocycles. The summed E-state index contributed by atoms with van der Waals surface area (Å²) in [5, 5.41) is 21.4. The minimum atomic E-state index is -0.467. The number of hydrogen-bond donors (Lipinski definition) is 4. The minimum absolute atomic E-state index is 0. The van der Waals surface area contributed by atoms with E-state index in [-0.39, 0.29) is 22.5 Å². The van der Waals surface area contributed by atoms with Crippen molar-refractivity contribution in [1.29, 1.82) is 0 Å². The largest absolute Gasteiger partial charge is 0.508 e. The van der Waals surface area contributed by atoms with E-state index in [1.54, 1.807) is 37.4 Å². The summed E-state index contributed by atoms with van der Waals surface area (Å²) < 4.78 is 9.96. The number of carbonyl (C=O) groups is 1. The molecule has 7 N–H and O–H groups in total. The molecule has 3 aromatic rings. The predicted octanol–water partition coefficient (Wildman–Crippen LogP) is 2.81. The lowest BCUT2D eigenvalue weighted by molar-refractivity contribution is 0.102. The second-order valence-electron chi connectivity index (χ2n) is 5.66. The molecule has 0 saturated carbocycles. The number of rotatable bonds is 4. The van der Waals surface area contributed by atoms with Crippen molar-refractivity contribution >= 4 is 17.3 Å². The van der Waals surface area contributed by atoms with Crippen LogP contribution in [0.4, 0.5) is 11.4 Å². The molecule has 0 bridgehead atoms. The maximum atomic E-state index is 12.0. The molecule has 0 atom stereocenters. The van der Waals surface area contributed by atoms with Gasteiger partial charge < -0.3 is 36.2 Å². The summed E-state index contributed by atoms with van der Waals surface area (Å²) in [5.41, 5.74) is 6.82. The van der Waals surface area contributed by atoms with Gasteiger partial charge in [-0.1, -0.05) is 12.1 Å². The van der Waals surface area contributed by atoms with Crippen molar-refractivity contribution in [3.63, 3.8) is 0 Å². The Balaban J connectivity index is 0.000000355. The number of nitrogens with one attached hydrogen (secondary N) is 1. The van der Waals surface area contributed by atoms with E-state index in [0.29, 0.717) is 11.4 Å². The Bertz CT molecular complexity index is 946. The van der Waals surface area contributed by atoms with E-state index in [4.69, 9.17) is 20.3 Å². The fourth-order valence-electron chi connectivity index (χ4n) is 2.25. The number of amides is 1. The number of nitrogen functional groups attached to an aromatic ring is 1. The van der Waals surface area contributed by atoms with Crippen LogP contribution in [-0.4, -0.2) is 35.8 Å². The number of phenols is 2. The average molecular weight is 400 g/mol. The highest BCUT2D eigenvalue weighted by Crippen LogP contribution is 2.24. The molecule has 3 rings (SSSR count). The highest BCUT2D eigenvalue weighted by molar-refractivity contribution is 6.06. The number of anilines is 2. The standard InChI is InChI=1S/C14H13NO4.C7H9NO.H2O/c1-19-11-4-2-3-9(7-11)15-14(18)12-6-5-10(16)8-13(12)17;1-9-7-4-2-3-6(8)5-7;/h2-8,16-17H,1H3,(H,15,18);2-5H,8H2,1H3;1H2. The molecule has 8 heteroatoms. The first-order chi connectivity index (χ1) is 13.4. The summed E-state index contributed by atoms with van der Waals surface area (Å²) >= 11 is 0. The number of benzene rings is 3.